The van der Waals surface area contributed by atoms with Gasteiger partial charge in [-0.15, -0.1) is 0 Å². The standard InChI is InChI=1S/C5H3BFN3O3/c6-4(8)13-3-1(7)2(11)9-5(12)10-3/h8H,(H2,9,10,11,12). The van der Waals surface area contributed by atoms with Crippen LogP contribution in [0.4, 0.5) is 4.39 Å². The first-order valence-corrected chi connectivity index (χ1v) is 3.04. The molecule has 13 heavy (non-hydrogen) atoms. The minimum atomic E-state index is -1.34. The van der Waals surface area contributed by atoms with E-state index in [4.69, 9.17) is 13.3 Å². The van der Waals surface area contributed by atoms with Gasteiger partial charge in [0.15, 0.2) is 7.85 Å². The molecule has 1 aromatic heterocycles. The van der Waals surface area contributed by atoms with Crippen LogP contribution in [0.2, 0.25) is 0 Å². The Morgan fingerprint density at radius 2 is 2.08 bits per heavy atom. The van der Waals surface area contributed by atoms with Gasteiger partial charge in [0.05, 0.1) is 0 Å². The Balaban J connectivity index is 3.28. The molecule has 8 heteroatoms. The third-order valence-corrected chi connectivity index (χ3v) is 1.06. The molecule has 1 heterocycles. The van der Waals surface area contributed by atoms with E-state index in [0.717, 1.165) is 0 Å². The van der Waals surface area contributed by atoms with Crippen LogP contribution in [0.25, 0.3) is 0 Å². The Bertz CT molecular complexity index is 451. The molecule has 3 N–H and O–H groups in total. The van der Waals surface area contributed by atoms with Gasteiger partial charge in [0, 0.05) is 0 Å². The lowest BCUT2D eigenvalue weighted by Crippen LogP contribution is -2.26. The summed E-state index contributed by atoms with van der Waals surface area (Å²) < 4.78 is 17.0. The maximum atomic E-state index is 12.8. The molecule has 0 saturated carbocycles. The van der Waals surface area contributed by atoms with Gasteiger partial charge in [0.25, 0.3) is 5.56 Å². The molecule has 0 saturated heterocycles. The van der Waals surface area contributed by atoms with Gasteiger partial charge < -0.3 is 4.74 Å². The van der Waals surface area contributed by atoms with Crippen molar-refractivity contribution in [3.05, 3.63) is 26.7 Å². The lowest BCUT2D eigenvalue weighted by molar-refractivity contribution is 0.462. The lowest BCUT2D eigenvalue weighted by Gasteiger charge is -2.01. The molecule has 2 radical (unpaired) electrons. The van der Waals surface area contributed by atoms with Crippen molar-refractivity contribution >= 4 is 13.6 Å². The van der Waals surface area contributed by atoms with Crippen molar-refractivity contribution in [2.24, 2.45) is 0 Å². The topological polar surface area (TPSA) is 98.8 Å². The average molecular weight is 183 g/mol. The van der Waals surface area contributed by atoms with Crippen molar-refractivity contribution in [1.29, 1.82) is 5.41 Å². The van der Waals surface area contributed by atoms with Crippen molar-refractivity contribution in [1.82, 2.24) is 9.97 Å². The second-order valence-corrected chi connectivity index (χ2v) is 2.02. The van der Waals surface area contributed by atoms with E-state index in [2.05, 4.69) is 4.74 Å². The number of aromatic nitrogens is 2. The summed E-state index contributed by atoms with van der Waals surface area (Å²) in [5.74, 6) is -2.95. The summed E-state index contributed by atoms with van der Waals surface area (Å²) in [6.07, 6.45) is 0. The number of nitrogens with one attached hydrogen (secondary N) is 3. The van der Waals surface area contributed by atoms with Crippen LogP contribution in [0.1, 0.15) is 0 Å². The molecule has 0 amide bonds. The summed E-state index contributed by atoms with van der Waals surface area (Å²) in [7, 11) is 4.75. The molecule has 0 aliphatic heterocycles. The highest BCUT2D eigenvalue weighted by atomic mass is 19.1. The molecule has 0 atom stereocenters. The molecule has 0 spiro atoms. The molecular weight excluding hydrogens is 180 g/mol. The minimum absolute atomic E-state index is 0.777. The van der Waals surface area contributed by atoms with Crippen LogP contribution in [0.15, 0.2) is 9.59 Å². The average Bonchev–Trinajstić information content (AvgIpc) is 1.98. The summed E-state index contributed by atoms with van der Waals surface area (Å²) in [6.45, 7) is 0. The third kappa shape index (κ3) is 2.04. The predicted octanol–water partition coefficient (Wildman–Crippen LogP) is -1.32. The normalized spacial score (nSPS) is 9.62. The van der Waals surface area contributed by atoms with Crippen LogP contribution >= 0.6 is 0 Å². The SMILES string of the molecule is [B]C(=N)Oc1[nH]c(=O)[nH]c(=O)c1F. The largest absolute Gasteiger partial charge is 0.436 e. The minimum Gasteiger partial charge on any atom is -0.436 e. The molecule has 0 fully saturated rings. The fourth-order valence-corrected chi connectivity index (χ4v) is 0.631. The van der Waals surface area contributed by atoms with Crippen LogP contribution in [-0.2, 0) is 0 Å². The maximum Gasteiger partial charge on any atom is 0.328 e. The van der Waals surface area contributed by atoms with Gasteiger partial charge in [0.1, 0.15) is 5.80 Å². The number of H-pyrrole nitrogens is 2. The number of hydrogen-bond acceptors (Lipinski definition) is 4. The zero-order valence-corrected chi connectivity index (χ0v) is 6.18. The highest BCUT2D eigenvalue weighted by molar-refractivity contribution is 6.56. The summed E-state index contributed by atoms with van der Waals surface area (Å²) in [4.78, 5) is 24.6. The number of ether oxygens (including phenoxy) is 1. The van der Waals surface area contributed by atoms with E-state index in [1.807, 2.05) is 4.98 Å². The van der Waals surface area contributed by atoms with E-state index in [0.29, 0.717) is 0 Å². The van der Waals surface area contributed by atoms with E-state index >= 15 is 0 Å². The summed E-state index contributed by atoms with van der Waals surface area (Å²) in [6, 6.07) is 0. The van der Waals surface area contributed by atoms with Crippen molar-refractivity contribution < 1.29 is 9.13 Å². The van der Waals surface area contributed by atoms with Crippen LogP contribution in [0.3, 0.4) is 0 Å². The Morgan fingerprint density at radius 3 is 2.62 bits per heavy atom. The summed E-state index contributed by atoms with van der Waals surface area (Å²) in [5, 5.41) is 6.62. The van der Waals surface area contributed by atoms with Crippen molar-refractivity contribution in [2.75, 3.05) is 0 Å². The zero-order chi connectivity index (χ0) is 10.0. The Hall–Kier alpha value is -1.86. The number of hydrogen-bond donors (Lipinski definition) is 3. The Morgan fingerprint density at radius 1 is 1.46 bits per heavy atom. The van der Waals surface area contributed by atoms with E-state index < -0.39 is 28.7 Å². The molecule has 66 valence electrons. The smallest absolute Gasteiger partial charge is 0.328 e. The highest BCUT2D eigenvalue weighted by Gasteiger charge is 2.09. The molecule has 0 unspecified atom stereocenters. The van der Waals surface area contributed by atoms with Crippen LogP contribution in [0.5, 0.6) is 5.88 Å². The van der Waals surface area contributed by atoms with E-state index in [-0.39, 0.29) is 0 Å². The van der Waals surface area contributed by atoms with Gasteiger partial charge in [0.2, 0.25) is 11.7 Å². The van der Waals surface area contributed by atoms with Crippen molar-refractivity contribution in [3.8, 4) is 5.88 Å². The van der Waals surface area contributed by atoms with Gasteiger partial charge in [-0.05, 0) is 0 Å². The van der Waals surface area contributed by atoms with E-state index in [1.54, 1.807) is 4.98 Å². The molecule has 1 rings (SSSR count). The van der Waals surface area contributed by atoms with Gasteiger partial charge in [-0.3, -0.25) is 20.2 Å². The zero-order valence-electron chi connectivity index (χ0n) is 6.18. The van der Waals surface area contributed by atoms with E-state index in [9.17, 15) is 14.0 Å². The third-order valence-electron chi connectivity index (χ3n) is 1.06. The first-order chi connectivity index (χ1) is 6.00. The van der Waals surface area contributed by atoms with Crippen molar-refractivity contribution in [2.45, 2.75) is 0 Å². The number of rotatable bonds is 1. The molecule has 0 bridgehead atoms. The van der Waals surface area contributed by atoms with Gasteiger partial charge >= 0.3 is 5.69 Å². The van der Waals surface area contributed by atoms with Crippen LogP contribution < -0.4 is 16.0 Å². The molecule has 0 aliphatic carbocycles. The number of aromatic amines is 2. The number of halogens is 1. The first-order valence-electron chi connectivity index (χ1n) is 3.04. The van der Waals surface area contributed by atoms with Crippen LogP contribution in [0, 0.1) is 11.2 Å². The van der Waals surface area contributed by atoms with Gasteiger partial charge in [-0.25, -0.2) is 4.79 Å². The van der Waals surface area contributed by atoms with Gasteiger partial charge in [-0.2, -0.15) is 4.39 Å². The molecule has 1 aromatic rings. The van der Waals surface area contributed by atoms with E-state index in [1.165, 1.54) is 0 Å². The first kappa shape index (κ1) is 9.23. The fraction of sp³-hybridized carbons (Fsp3) is 0. The summed E-state index contributed by atoms with van der Waals surface area (Å²) in [5.41, 5.74) is -2.18. The Kier molecular flexibility index (Phi) is 2.31. The second-order valence-electron chi connectivity index (χ2n) is 2.02. The van der Waals surface area contributed by atoms with Gasteiger partial charge in [-0.1, -0.05) is 0 Å². The quantitative estimate of drug-likeness (QED) is 0.286. The Labute approximate surface area is 71.7 Å². The molecular formula is C5H3BFN3O3. The lowest BCUT2D eigenvalue weighted by atomic mass is 10.2. The molecule has 6 nitrogen and oxygen atoms in total. The molecule has 0 aliphatic rings. The highest BCUT2D eigenvalue weighted by Crippen LogP contribution is 2.04. The molecule has 0 aromatic carbocycles. The van der Waals surface area contributed by atoms with Crippen LogP contribution in [-0.4, -0.2) is 23.6 Å². The summed E-state index contributed by atoms with van der Waals surface area (Å²) >= 11 is 0. The second kappa shape index (κ2) is 3.25. The van der Waals surface area contributed by atoms with Crippen molar-refractivity contribution in [3.63, 3.8) is 0 Å². The fourth-order valence-electron chi connectivity index (χ4n) is 0.631. The maximum absolute atomic E-state index is 12.8. The predicted molar refractivity (Wildman–Crippen MR) is 41.8 cm³/mol. The monoisotopic (exact) mass is 183 g/mol.